The van der Waals surface area contributed by atoms with Crippen molar-refractivity contribution in [2.75, 3.05) is 11.9 Å². The van der Waals surface area contributed by atoms with Crippen molar-refractivity contribution in [3.8, 4) is 0 Å². The van der Waals surface area contributed by atoms with Gasteiger partial charge in [0, 0.05) is 36.0 Å². The number of aryl methyl sites for hydroxylation is 1. The summed E-state index contributed by atoms with van der Waals surface area (Å²) in [5.41, 5.74) is 3.57. The molecule has 6 nitrogen and oxygen atoms in total. The van der Waals surface area contributed by atoms with Gasteiger partial charge in [0.2, 0.25) is 0 Å². The molecule has 2 heterocycles. The lowest BCUT2D eigenvalue weighted by molar-refractivity contribution is 0.0972. The fraction of sp³-hybridized carbons (Fsp3) is 0.421. The summed E-state index contributed by atoms with van der Waals surface area (Å²) in [6, 6.07) is 5.62. The Morgan fingerprint density at radius 3 is 3.00 bits per heavy atom. The van der Waals surface area contributed by atoms with Crippen LogP contribution < -0.4 is 5.32 Å². The summed E-state index contributed by atoms with van der Waals surface area (Å²) in [7, 11) is 0. The van der Waals surface area contributed by atoms with Crippen LogP contribution in [0.3, 0.4) is 0 Å². The number of ketones is 1. The molecule has 1 atom stereocenters. The van der Waals surface area contributed by atoms with Crippen molar-refractivity contribution in [2.24, 2.45) is 0 Å². The second-order valence-corrected chi connectivity index (χ2v) is 6.82. The van der Waals surface area contributed by atoms with E-state index in [2.05, 4.69) is 15.5 Å². The van der Waals surface area contributed by atoms with E-state index in [0.29, 0.717) is 12.1 Å². The first-order chi connectivity index (χ1) is 12.2. The Labute approximate surface area is 146 Å². The molecule has 0 bridgehead atoms. The highest BCUT2D eigenvalue weighted by atomic mass is 16.2. The molecule has 1 aliphatic heterocycles. The predicted octanol–water partition coefficient (Wildman–Crippen LogP) is 3.69. The van der Waals surface area contributed by atoms with Crippen LogP contribution in [-0.4, -0.2) is 33.5 Å². The molecule has 0 unspecified atom stereocenters. The Morgan fingerprint density at radius 1 is 1.24 bits per heavy atom. The van der Waals surface area contributed by atoms with E-state index in [4.69, 9.17) is 0 Å². The van der Waals surface area contributed by atoms with Gasteiger partial charge in [-0.1, -0.05) is 6.07 Å². The summed E-state index contributed by atoms with van der Waals surface area (Å²) in [6.45, 7) is 0.728. The Balaban J connectivity index is 1.53. The molecule has 25 heavy (non-hydrogen) atoms. The number of benzene rings is 1. The molecular formula is C19H22N4O2. The van der Waals surface area contributed by atoms with E-state index >= 15 is 0 Å². The van der Waals surface area contributed by atoms with Gasteiger partial charge in [-0.2, -0.15) is 5.10 Å². The first-order valence-corrected chi connectivity index (χ1v) is 8.95. The molecule has 130 valence electrons. The van der Waals surface area contributed by atoms with Gasteiger partial charge in [-0.25, -0.2) is 4.79 Å². The van der Waals surface area contributed by atoms with Crippen molar-refractivity contribution in [2.45, 2.75) is 44.6 Å². The van der Waals surface area contributed by atoms with Gasteiger partial charge in [0.25, 0.3) is 0 Å². The third kappa shape index (κ3) is 3.16. The summed E-state index contributed by atoms with van der Waals surface area (Å²) in [4.78, 5) is 26.8. The van der Waals surface area contributed by atoms with Gasteiger partial charge < -0.3 is 10.2 Å². The van der Waals surface area contributed by atoms with Crippen LogP contribution in [0.2, 0.25) is 0 Å². The number of Topliss-reactive ketones (excluding diaryl/α,β-unsaturated/α-hetero) is 1. The number of carbonyl (C=O) groups excluding carboxylic acids is 2. The highest BCUT2D eigenvalue weighted by molar-refractivity contribution is 6.00. The molecule has 1 aromatic carbocycles. The number of nitrogens with one attached hydrogen (secondary N) is 2. The maximum absolute atomic E-state index is 12.8. The standard InChI is InChI=1S/C19H22N4O2/c24-18-6-3-4-13-7-8-15(10-16(13)18)22-19(25)23-9-2-1-5-17(23)14-11-20-21-12-14/h7-8,10-12,17H,1-6,9H2,(H,20,21)(H,22,25)/t17-/m1/s1. The van der Waals surface area contributed by atoms with Crippen molar-refractivity contribution in [1.29, 1.82) is 0 Å². The van der Waals surface area contributed by atoms with Crippen LogP contribution in [0.5, 0.6) is 0 Å². The Bertz CT molecular complexity index is 785. The van der Waals surface area contributed by atoms with Crippen LogP contribution in [0.15, 0.2) is 30.6 Å². The minimum absolute atomic E-state index is 0.0479. The Hall–Kier alpha value is -2.63. The van der Waals surface area contributed by atoms with Crippen LogP contribution in [0, 0.1) is 0 Å². The van der Waals surface area contributed by atoms with Crippen molar-refractivity contribution in [1.82, 2.24) is 15.1 Å². The maximum atomic E-state index is 12.8. The first-order valence-electron chi connectivity index (χ1n) is 8.95. The van der Waals surface area contributed by atoms with Crippen LogP contribution in [-0.2, 0) is 6.42 Å². The van der Waals surface area contributed by atoms with Gasteiger partial charge in [-0.15, -0.1) is 0 Å². The number of H-pyrrole nitrogens is 1. The fourth-order valence-corrected chi connectivity index (χ4v) is 3.87. The van der Waals surface area contributed by atoms with Crippen molar-refractivity contribution in [3.05, 3.63) is 47.3 Å². The molecule has 1 saturated heterocycles. The van der Waals surface area contributed by atoms with Crippen LogP contribution in [0.25, 0.3) is 0 Å². The van der Waals surface area contributed by atoms with E-state index in [1.54, 1.807) is 6.20 Å². The number of piperidine rings is 1. The topological polar surface area (TPSA) is 78.1 Å². The van der Waals surface area contributed by atoms with E-state index < -0.39 is 0 Å². The lowest BCUT2D eigenvalue weighted by Crippen LogP contribution is -2.41. The number of urea groups is 1. The van der Waals surface area contributed by atoms with Gasteiger partial charge >= 0.3 is 6.03 Å². The van der Waals surface area contributed by atoms with Crippen LogP contribution >= 0.6 is 0 Å². The predicted molar refractivity (Wildman–Crippen MR) is 94.6 cm³/mol. The third-order valence-electron chi connectivity index (χ3n) is 5.18. The number of aromatic nitrogens is 2. The number of fused-ring (bicyclic) bond motifs is 1. The summed E-state index contributed by atoms with van der Waals surface area (Å²) >= 11 is 0. The van der Waals surface area contributed by atoms with Gasteiger partial charge in [0.05, 0.1) is 12.2 Å². The number of aromatic amines is 1. The molecule has 4 rings (SSSR count). The number of hydrogen-bond donors (Lipinski definition) is 2. The van der Waals surface area contributed by atoms with Crippen molar-refractivity contribution >= 4 is 17.5 Å². The molecular weight excluding hydrogens is 316 g/mol. The highest BCUT2D eigenvalue weighted by Gasteiger charge is 2.29. The first kappa shape index (κ1) is 15.9. The van der Waals surface area contributed by atoms with Crippen LogP contribution in [0.1, 0.15) is 59.6 Å². The molecule has 2 aromatic rings. The molecule has 0 saturated carbocycles. The zero-order chi connectivity index (χ0) is 17.2. The van der Waals surface area contributed by atoms with E-state index in [1.165, 1.54) is 0 Å². The lowest BCUT2D eigenvalue weighted by atomic mass is 9.90. The number of nitrogens with zero attached hydrogens (tertiary/aromatic N) is 2. The molecule has 0 spiro atoms. The van der Waals surface area contributed by atoms with E-state index in [1.807, 2.05) is 29.3 Å². The molecule has 1 fully saturated rings. The molecule has 0 radical (unpaired) electrons. The fourth-order valence-electron chi connectivity index (χ4n) is 3.87. The average molecular weight is 338 g/mol. The number of anilines is 1. The minimum Gasteiger partial charge on any atom is -0.317 e. The normalized spacial score (nSPS) is 20.2. The number of hydrogen-bond acceptors (Lipinski definition) is 3. The third-order valence-corrected chi connectivity index (χ3v) is 5.18. The molecule has 6 heteroatoms. The van der Waals surface area contributed by atoms with Gasteiger partial charge in [-0.05, 0) is 49.8 Å². The van der Waals surface area contributed by atoms with E-state index in [-0.39, 0.29) is 17.9 Å². The van der Waals surface area contributed by atoms with Gasteiger partial charge in [0.1, 0.15) is 0 Å². The maximum Gasteiger partial charge on any atom is 0.322 e. The second kappa shape index (κ2) is 6.70. The summed E-state index contributed by atoms with van der Waals surface area (Å²) < 4.78 is 0. The SMILES string of the molecule is O=C1CCCc2ccc(NC(=O)N3CCCC[C@@H]3c3cn[nH]c3)cc21. The number of carbonyl (C=O) groups is 2. The van der Waals surface area contributed by atoms with Gasteiger partial charge in [0.15, 0.2) is 5.78 Å². The zero-order valence-electron chi connectivity index (χ0n) is 14.1. The average Bonchev–Trinajstić information content (AvgIpc) is 3.17. The zero-order valence-corrected chi connectivity index (χ0v) is 14.1. The second-order valence-electron chi connectivity index (χ2n) is 6.82. The van der Waals surface area contributed by atoms with Crippen LogP contribution in [0.4, 0.5) is 10.5 Å². The lowest BCUT2D eigenvalue weighted by Gasteiger charge is -2.35. The smallest absolute Gasteiger partial charge is 0.317 e. The Morgan fingerprint density at radius 2 is 2.16 bits per heavy atom. The van der Waals surface area contributed by atoms with E-state index in [9.17, 15) is 9.59 Å². The van der Waals surface area contributed by atoms with Crippen molar-refractivity contribution < 1.29 is 9.59 Å². The minimum atomic E-state index is -0.117. The summed E-state index contributed by atoms with van der Waals surface area (Å²) in [6.07, 6.45) is 9.13. The van der Waals surface area contributed by atoms with E-state index in [0.717, 1.165) is 55.3 Å². The quantitative estimate of drug-likeness (QED) is 0.876. The Kier molecular flexibility index (Phi) is 4.26. The monoisotopic (exact) mass is 338 g/mol. The summed E-state index contributed by atoms with van der Waals surface area (Å²) in [5, 5.41) is 9.82. The number of amides is 2. The highest BCUT2D eigenvalue weighted by Crippen LogP contribution is 2.31. The molecule has 1 aliphatic carbocycles. The molecule has 2 N–H and O–H groups in total. The largest absolute Gasteiger partial charge is 0.322 e. The molecule has 1 aromatic heterocycles. The summed E-state index contributed by atoms with van der Waals surface area (Å²) in [5.74, 6) is 0.173. The molecule has 2 aliphatic rings. The number of rotatable bonds is 2. The molecule has 2 amide bonds. The number of likely N-dealkylation sites (tertiary alicyclic amines) is 1. The van der Waals surface area contributed by atoms with Gasteiger partial charge in [-0.3, -0.25) is 9.89 Å². The van der Waals surface area contributed by atoms with Crippen molar-refractivity contribution in [3.63, 3.8) is 0 Å².